The number of alkyl halides is 4. The van der Waals surface area contributed by atoms with E-state index in [0.29, 0.717) is 25.7 Å². The van der Waals surface area contributed by atoms with Gasteiger partial charge in [-0.3, -0.25) is 9.59 Å². The summed E-state index contributed by atoms with van der Waals surface area (Å²) in [5.41, 5.74) is -1.83. The highest BCUT2D eigenvalue weighted by molar-refractivity contribution is 5.79. The van der Waals surface area contributed by atoms with Crippen molar-refractivity contribution in [2.24, 2.45) is 28.6 Å². The molecule has 10 heteroatoms. The summed E-state index contributed by atoms with van der Waals surface area (Å²) in [4.78, 5) is 36.1. The second-order valence-corrected chi connectivity index (χ2v) is 10.6. The minimum Gasteiger partial charge on any atom is -0.462 e. The highest BCUT2D eigenvalue weighted by Crippen LogP contribution is 2.60. The van der Waals surface area contributed by atoms with Crippen LogP contribution >= 0.6 is 0 Å². The third kappa shape index (κ3) is 5.80. The van der Waals surface area contributed by atoms with E-state index in [-0.39, 0.29) is 17.8 Å². The van der Waals surface area contributed by atoms with Crippen molar-refractivity contribution < 1.29 is 46.2 Å². The Hall–Kier alpha value is -1.87. The first-order valence-corrected chi connectivity index (χ1v) is 11.5. The Morgan fingerprint density at radius 3 is 1.76 bits per heavy atom. The summed E-state index contributed by atoms with van der Waals surface area (Å²) in [6.45, 7) is 3.82. The minimum atomic E-state index is -4.59. The molecule has 4 aliphatic rings. The van der Waals surface area contributed by atoms with E-state index < -0.39 is 60.4 Å². The molecule has 4 aliphatic carbocycles. The smallest absolute Gasteiger partial charge is 0.406 e. The lowest BCUT2D eigenvalue weighted by Crippen LogP contribution is -2.52. The molecule has 0 N–H and O–H groups in total. The van der Waals surface area contributed by atoms with Gasteiger partial charge in [-0.05, 0) is 76.5 Å². The van der Waals surface area contributed by atoms with Gasteiger partial charge in [0, 0.05) is 0 Å². The summed E-state index contributed by atoms with van der Waals surface area (Å²) < 4.78 is 70.2. The third-order valence-corrected chi connectivity index (χ3v) is 7.43. The van der Waals surface area contributed by atoms with Crippen LogP contribution in [0.25, 0.3) is 0 Å². The van der Waals surface area contributed by atoms with Gasteiger partial charge in [0.25, 0.3) is 0 Å². The SMILES string of the molecule is CCC(C)(C)C(=O)OCCOC(=O)C(F)(F)CC(F)(F)OC(=O)C12CC3CC(CC(C3)C1)C2. The number of ether oxygens (including phenoxy) is 3. The van der Waals surface area contributed by atoms with Gasteiger partial charge in [-0.2, -0.15) is 17.6 Å². The number of rotatable bonds is 10. The molecule has 6 nitrogen and oxygen atoms in total. The molecule has 0 aromatic heterocycles. The van der Waals surface area contributed by atoms with Crippen LogP contribution in [0.5, 0.6) is 0 Å². The standard InChI is InChI=1S/C23H32F4O6/c1-4-20(2,3)17(28)31-5-6-32-19(30)22(24,25)13-23(26,27)33-18(29)21-10-14-7-15(11-21)9-16(8-14)12-21/h14-16H,4-13H2,1-3H3. The van der Waals surface area contributed by atoms with Crippen molar-refractivity contribution in [2.45, 2.75) is 84.2 Å². The number of halogens is 4. The summed E-state index contributed by atoms with van der Waals surface area (Å²) in [5, 5.41) is 0. The molecule has 0 heterocycles. The van der Waals surface area contributed by atoms with Crippen molar-refractivity contribution in [1.82, 2.24) is 0 Å². The summed E-state index contributed by atoms with van der Waals surface area (Å²) >= 11 is 0. The molecule has 33 heavy (non-hydrogen) atoms. The maximum Gasteiger partial charge on any atom is 0.406 e. The van der Waals surface area contributed by atoms with E-state index in [1.165, 1.54) is 0 Å². The van der Waals surface area contributed by atoms with Gasteiger partial charge >= 0.3 is 29.9 Å². The number of hydrogen-bond donors (Lipinski definition) is 0. The van der Waals surface area contributed by atoms with Crippen LogP contribution in [-0.2, 0) is 28.6 Å². The van der Waals surface area contributed by atoms with Crippen LogP contribution in [0.15, 0.2) is 0 Å². The molecule has 0 amide bonds. The first-order chi connectivity index (χ1) is 15.2. The molecular formula is C23H32F4O6. The predicted molar refractivity (Wildman–Crippen MR) is 107 cm³/mol. The molecule has 188 valence electrons. The second kappa shape index (κ2) is 9.06. The van der Waals surface area contributed by atoms with Gasteiger partial charge in [-0.25, -0.2) is 4.79 Å². The van der Waals surface area contributed by atoms with E-state index in [2.05, 4.69) is 9.47 Å². The maximum absolute atomic E-state index is 14.3. The fourth-order valence-corrected chi connectivity index (χ4v) is 5.69. The minimum absolute atomic E-state index is 0.283. The third-order valence-electron chi connectivity index (χ3n) is 7.43. The van der Waals surface area contributed by atoms with Crippen molar-refractivity contribution in [3.05, 3.63) is 0 Å². The first kappa shape index (κ1) is 25.7. The van der Waals surface area contributed by atoms with E-state index in [4.69, 9.17) is 4.74 Å². The molecule has 4 rings (SSSR count). The molecule has 0 aliphatic heterocycles. The Labute approximate surface area is 190 Å². The Bertz CT molecular complexity index is 744. The number of hydrogen-bond acceptors (Lipinski definition) is 6. The van der Waals surface area contributed by atoms with Crippen LogP contribution < -0.4 is 0 Å². The second-order valence-electron chi connectivity index (χ2n) is 10.6. The molecule has 4 bridgehead atoms. The van der Waals surface area contributed by atoms with Gasteiger partial charge in [0.2, 0.25) is 0 Å². The van der Waals surface area contributed by atoms with Gasteiger partial charge in [0.05, 0.1) is 10.8 Å². The van der Waals surface area contributed by atoms with Crippen LogP contribution in [0.2, 0.25) is 0 Å². The highest BCUT2D eigenvalue weighted by atomic mass is 19.3. The van der Waals surface area contributed by atoms with E-state index in [1.807, 2.05) is 0 Å². The average molecular weight is 480 g/mol. The van der Waals surface area contributed by atoms with Crippen LogP contribution in [-0.4, -0.2) is 43.2 Å². The molecular weight excluding hydrogens is 448 g/mol. The lowest BCUT2D eigenvalue weighted by atomic mass is 9.49. The van der Waals surface area contributed by atoms with E-state index >= 15 is 0 Å². The van der Waals surface area contributed by atoms with E-state index in [0.717, 1.165) is 19.3 Å². The molecule has 0 spiro atoms. The van der Waals surface area contributed by atoms with Crippen molar-refractivity contribution >= 4 is 17.9 Å². The van der Waals surface area contributed by atoms with Gasteiger partial charge < -0.3 is 14.2 Å². The molecule has 4 saturated carbocycles. The topological polar surface area (TPSA) is 78.9 Å². The molecule has 0 atom stereocenters. The molecule has 0 radical (unpaired) electrons. The Kier molecular flexibility index (Phi) is 7.07. The largest absolute Gasteiger partial charge is 0.462 e. The zero-order chi connectivity index (χ0) is 24.7. The molecule has 0 aromatic carbocycles. The average Bonchev–Trinajstić information content (AvgIpc) is 2.68. The monoisotopic (exact) mass is 480 g/mol. The van der Waals surface area contributed by atoms with Crippen LogP contribution in [0.4, 0.5) is 17.6 Å². The van der Waals surface area contributed by atoms with E-state index in [1.54, 1.807) is 20.8 Å². The number of carbonyl (C=O) groups is 3. The molecule has 0 saturated heterocycles. The van der Waals surface area contributed by atoms with Gasteiger partial charge in [0.15, 0.2) is 0 Å². The predicted octanol–water partition coefficient (Wildman–Crippen LogP) is 4.89. The van der Waals surface area contributed by atoms with Crippen molar-refractivity contribution in [3.63, 3.8) is 0 Å². The number of carbonyl (C=O) groups excluding carboxylic acids is 3. The lowest BCUT2D eigenvalue weighted by Gasteiger charge is -2.55. The zero-order valence-corrected chi connectivity index (χ0v) is 19.3. The normalized spacial score (nSPS) is 29.0. The Balaban J connectivity index is 1.49. The van der Waals surface area contributed by atoms with Crippen LogP contribution in [0.3, 0.4) is 0 Å². The fourth-order valence-electron chi connectivity index (χ4n) is 5.69. The first-order valence-electron chi connectivity index (χ1n) is 11.5. The van der Waals surface area contributed by atoms with Crippen molar-refractivity contribution in [1.29, 1.82) is 0 Å². The summed E-state index contributed by atoms with van der Waals surface area (Å²) in [7, 11) is 0. The Morgan fingerprint density at radius 1 is 0.848 bits per heavy atom. The van der Waals surface area contributed by atoms with Crippen LogP contribution in [0, 0.1) is 28.6 Å². The molecule has 0 aromatic rings. The quantitative estimate of drug-likeness (QED) is 0.192. The van der Waals surface area contributed by atoms with Gasteiger partial charge in [0.1, 0.15) is 19.6 Å². The zero-order valence-electron chi connectivity index (χ0n) is 19.3. The fraction of sp³-hybridized carbons (Fsp3) is 0.870. The van der Waals surface area contributed by atoms with Crippen molar-refractivity contribution in [2.75, 3.05) is 13.2 Å². The summed E-state index contributed by atoms with van der Waals surface area (Å²) in [5.74, 6) is -7.68. The Morgan fingerprint density at radius 2 is 1.30 bits per heavy atom. The van der Waals surface area contributed by atoms with E-state index in [9.17, 15) is 31.9 Å². The van der Waals surface area contributed by atoms with Crippen LogP contribution in [0.1, 0.15) is 72.1 Å². The highest BCUT2D eigenvalue weighted by Gasteiger charge is 2.59. The van der Waals surface area contributed by atoms with Gasteiger partial charge in [-0.15, -0.1) is 0 Å². The summed E-state index contributed by atoms with van der Waals surface area (Å²) in [6.07, 6.45) is -2.12. The lowest BCUT2D eigenvalue weighted by molar-refractivity contribution is -0.271. The summed E-state index contributed by atoms with van der Waals surface area (Å²) in [6, 6.07) is 0. The number of esters is 3. The molecule has 4 fully saturated rings. The molecule has 0 unspecified atom stereocenters. The van der Waals surface area contributed by atoms with Crippen molar-refractivity contribution in [3.8, 4) is 0 Å². The maximum atomic E-state index is 14.3. The van der Waals surface area contributed by atoms with Gasteiger partial charge in [-0.1, -0.05) is 6.92 Å².